The molecule has 44 heavy (non-hydrogen) atoms. The Labute approximate surface area is 259 Å². The number of carbonyl (C=O) groups is 4. The minimum atomic E-state index is -4.18. The minimum absolute atomic E-state index is 0.0481. The molecule has 1 aliphatic carbocycles. The summed E-state index contributed by atoms with van der Waals surface area (Å²) in [7, 11) is -4.18. The quantitative estimate of drug-likeness (QED) is 0.387. The molecule has 1 aromatic heterocycles. The lowest BCUT2D eigenvalue weighted by Gasteiger charge is -2.30. The van der Waals surface area contributed by atoms with E-state index in [-0.39, 0.29) is 30.6 Å². The highest BCUT2D eigenvalue weighted by atomic mass is 32.2. The van der Waals surface area contributed by atoms with Crippen LogP contribution in [0.3, 0.4) is 0 Å². The van der Waals surface area contributed by atoms with Crippen molar-refractivity contribution < 1.29 is 32.3 Å². The third-order valence-electron chi connectivity index (χ3n) is 8.33. The molecule has 13 heteroatoms. The van der Waals surface area contributed by atoms with Crippen molar-refractivity contribution in [1.82, 2.24) is 24.6 Å². The number of hydrogen-bond donors (Lipinski definition) is 3. The summed E-state index contributed by atoms with van der Waals surface area (Å²) in [5.74, 6) is -1.64. The van der Waals surface area contributed by atoms with E-state index in [9.17, 15) is 27.6 Å². The summed E-state index contributed by atoms with van der Waals surface area (Å²) in [6, 6.07) is 3.76. The van der Waals surface area contributed by atoms with Crippen LogP contribution in [0.5, 0.6) is 0 Å². The van der Waals surface area contributed by atoms with E-state index in [0.29, 0.717) is 50.8 Å². The Morgan fingerprint density at radius 3 is 2.64 bits per heavy atom. The average molecular weight is 632 g/mol. The van der Waals surface area contributed by atoms with Gasteiger partial charge in [0.25, 0.3) is 0 Å². The van der Waals surface area contributed by atoms with Crippen LogP contribution in [0, 0.1) is 11.3 Å². The van der Waals surface area contributed by atoms with Crippen molar-refractivity contribution in [2.24, 2.45) is 11.3 Å². The molecule has 12 nitrogen and oxygen atoms in total. The number of rotatable bonds is 7. The molecule has 0 aromatic carbocycles. The number of ketones is 1. The molecule has 0 unspecified atom stereocenters. The Morgan fingerprint density at radius 1 is 1.11 bits per heavy atom. The maximum atomic E-state index is 13.8. The number of hydrogen-bond acceptors (Lipinski definition) is 8. The zero-order valence-corrected chi connectivity index (χ0v) is 26.7. The molecule has 1 saturated heterocycles. The summed E-state index contributed by atoms with van der Waals surface area (Å²) < 4.78 is 35.5. The highest BCUT2D eigenvalue weighted by molar-refractivity contribution is 7.88. The molecule has 4 atom stereocenters. The van der Waals surface area contributed by atoms with Gasteiger partial charge in [-0.1, -0.05) is 31.1 Å². The van der Waals surface area contributed by atoms with E-state index in [0.717, 1.165) is 19.3 Å². The fourth-order valence-electron chi connectivity index (χ4n) is 6.00. The van der Waals surface area contributed by atoms with Crippen molar-refractivity contribution in [3.8, 4) is 0 Å². The molecule has 2 fully saturated rings. The van der Waals surface area contributed by atoms with E-state index in [2.05, 4.69) is 19.7 Å². The minimum Gasteiger partial charge on any atom is -0.444 e. The predicted molar refractivity (Wildman–Crippen MR) is 163 cm³/mol. The number of aromatic nitrogens is 1. The van der Waals surface area contributed by atoms with Crippen molar-refractivity contribution in [1.29, 1.82) is 0 Å². The summed E-state index contributed by atoms with van der Waals surface area (Å²) in [6.45, 7) is 5.64. The number of nitrogens with one attached hydrogen (secondary N) is 3. The maximum Gasteiger partial charge on any atom is 0.408 e. The van der Waals surface area contributed by atoms with Crippen molar-refractivity contribution in [2.45, 2.75) is 103 Å². The lowest BCUT2D eigenvalue weighted by Crippen LogP contribution is -2.53. The Hall–Kier alpha value is -3.32. The summed E-state index contributed by atoms with van der Waals surface area (Å²) >= 11 is 0. The third-order valence-corrected chi connectivity index (χ3v) is 9.37. The van der Waals surface area contributed by atoms with Gasteiger partial charge in [-0.15, -0.1) is 0 Å². The normalized spacial score (nSPS) is 27.2. The van der Waals surface area contributed by atoms with Gasteiger partial charge in [0.1, 0.15) is 11.6 Å². The molecular formula is C31H45N5O7S. The van der Waals surface area contributed by atoms with Crippen LogP contribution in [-0.2, 0) is 35.8 Å². The number of fused-ring (bicyclic) bond motifs is 2. The van der Waals surface area contributed by atoms with E-state index in [1.54, 1.807) is 45.2 Å². The first-order valence-corrected chi connectivity index (χ1v) is 17.0. The molecule has 0 bridgehead atoms. The van der Waals surface area contributed by atoms with Gasteiger partial charge in [-0.2, -0.15) is 13.1 Å². The lowest BCUT2D eigenvalue weighted by atomic mass is 9.91. The molecular weight excluding hydrogens is 586 g/mol. The van der Waals surface area contributed by atoms with Gasteiger partial charge in [0.2, 0.25) is 11.8 Å². The van der Waals surface area contributed by atoms with Crippen molar-refractivity contribution in [3.05, 3.63) is 42.2 Å². The van der Waals surface area contributed by atoms with E-state index in [1.807, 2.05) is 12.2 Å². The number of pyridine rings is 1. The Morgan fingerprint density at radius 2 is 1.91 bits per heavy atom. The van der Waals surface area contributed by atoms with Crippen LogP contribution in [-0.4, -0.2) is 72.8 Å². The molecule has 3 N–H and O–H groups in total. The van der Waals surface area contributed by atoms with Gasteiger partial charge in [-0.3, -0.25) is 19.4 Å². The maximum absolute atomic E-state index is 13.8. The van der Waals surface area contributed by atoms with E-state index >= 15 is 0 Å². The molecule has 1 saturated carbocycles. The van der Waals surface area contributed by atoms with Gasteiger partial charge in [0, 0.05) is 37.8 Å². The van der Waals surface area contributed by atoms with Gasteiger partial charge < -0.3 is 15.0 Å². The van der Waals surface area contributed by atoms with Gasteiger partial charge in [-0.05, 0) is 77.3 Å². The van der Waals surface area contributed by atoms with Crippen LogP contribution in [0.25, 0.3) is 0 Å². The fourth-order valence-corrected chi connectivity index (χ4v) is 6.89. The number of Topliss-reactive ketones (excluding diaryl/α,β-unsaturated/α-hetero) is 1. The van der Waals surface area contributed by atoms with E-state index in [1.165, 1.54) is 4.90 Å². The van der Waals surface area contributed by atoms with E-state index < -0.39 is 45.3 Å². The predicted octanol–water partition coefficient (Wildman–Crippen LogP) is 2.94. The molecule has 2 aliphatic heterocycles. The highest BCUT2D eigenvalue weighted by Crippen LogP contribution is 2.57. The van der Waals surface area contributed by atoms with Crippen LogP contribution in [0.1, 0.15) is 84.3 Å². The number of nitrogens with zero attached hydrogens (tertiary/aromatic N) is 2. The Balaban J connectivity index is 1.47. The van der Waals surface area contributed by atoms with Crippen molar-refractivity contribution >= 4 is 33.9 Å². The first-order valence-electron chi connectivity index (χ1n) is 15.5. The second-order valence-electron chi connectivity index (χ2n) is 13.0. The summed E-state index contributed by atoms with van der Waals surface area (Å²) in [6.07, 6.45) is 9.90. The number of alkyl carbamates (subject to hydrolysis) is 1. The number of allylic oxidation sites excluding steroid dienone is 2. The second kappa shape index (κ2) is 14.2. The molecule has 1 aromatic rings. The molecule has 3 aliphatic rings. The van der Waals surface area contributed by atoms with Crippen molar-refractivity contribution in [2.75, 3.05) is 13.1 Å². The lowest BCUT2D eigenvalue weighted by molar-refractivity contribution is -0.140. The summed E-state index contributed by atoms with van der Waals surface area (Å²) in [5.41, 5.74) is -1.24. The molecule has 3 amide bonds. The van der Waals surface area contributed by atoms with Gasteiger partial charge in [0.15, 0.2) is 5.78 Å². The Bertz CT molecular complexity index is 1340. The SMILES string of the molecule is CC(C)(C)OC(=O)N[C@H]1CCCCC/C=C\[C@@H]2C[C@@]2(C(=O)NS(=O)(=O)NCCc2ccccn2)CC(=O)[C@@H]2CCCN2C1=O. The zero-order valence-electron chi connectivity index (χ0n) is 25.8. The zero-order chi connectivity index (χ0) is 32.0. The number of carbonyl (C=O) groups excluding carboxylic acids is 4. The van der Waals surface area contributed by atoms with Crippen LogP contribution < -0.4 is 14.8 Å². The van der Waals surface area contributed by atoms with Gasteiger partial charge >= 0.3 is 16.3 Å². The molecule has 0 radical (unpaired) electrons. The standard InChI is InChI=1S/C31H45N5O7S/c1-30(2,3)43-29(40)34-24-14-8-6-4-5-7-12-22-20-31(22,21-26(37)25-15-11-19-36(25)27(24)38)28(39)35-44(41,42)33-18-16-23-13-9-10-17-32-23/h7,9-10,12-13,17,22,24-25,33H,4-6,8,11,14-16,18-21H2,1-3H3,(H,34,40)(H,35,39)/b12-7-/t22-,24+,25+,31-/m1/s1. The van der Waals surface area contributed by atoms with Crippen LogP contribution in [0.2, 0.25) is 0 Å². The number of amides is 3. The monoisotopic (exact) mass is 631 g/mol. The first kappa shape index (κ1) is 33.6. The second-order valence-corrected chi connectivity index (χ2v) is 14.5. The summed E-state index contributed by atoms with van der Waals surface area (Å²) in [5, 5.41) is 2.72. The van der Waals surface area contributed by atoms with Crippen LogP contribution in [0.15, 0.2) is 36.5 Å². The third kappa shape index (κ3) is 9.10. The smallest absolute Gasteiger partial charge is 0.408 e. The van der Waals surface area contributed by atoms with Crippen LogP contribution >= 0.6 is 0 Å². The van der Waals surface area contributed by atoms with Gasteiger partial charge in [-0.25, -0.2) is 9.52 Å². The highest BCUT2D eigenvalue weighted by Gasteiger charge is 2.61. The molecule has 4 rings (SSSR count). The molecule has 0 spiro atoms. The number of ether oxygens (including phenoxy) is 1. The molecule has 3 heterocycles. The van der Waals surface area contributed by atoms with E-state index in [4.69, 9.17) is 4.74 Å². The average Bonchev–Trinajstić information content (AvgIpc) is 3.40. The largest absolute Gasteiger partial charge is 0.444 e. The van der Waals surface area contributed by atoms with Gasteiger partial charge in [0.05, 0.1) is 11.5 Å². The van der Waals surface area contributed by atoms with Crippen LogP contribution in [0.4, 0.5) is 4.79 Å². The molecule has 242 valence electrons. The Kier molecular flexibility index (Phi) is 10.8. The first-order chi connectivity index (χ1) is 20.8. The fraction of sp³-hybridized carbons (Fsp3) is 0.645. The topological polar surface area (TPSA) is 164 Å². The summed E-state index contributed by atoms with van der Waals surface area (Å²) in [4.78, 5) is 59.3. The van der Waals surface area contributed by atoms with Crippen molar-refractivity contribution in [3.63, 3.8) is 0 Å².